The minimum atomic E-state index is -1.91. The van der Waals surface area contributed by atoms with Crippen molar-refractivity contribution in [3.8, 4) is 0 Å². The summed E-state index contributed by atoms with van der Waals surface area (Å²) in [6, 6.07) is 0. The van der Waals surface area contributed by atoms with Gasteiger partial charge >= 0.3 is 23.9 Å². The van der Waals surface area contributed by atoms with Crippen molar-refractivity contribution < 1.29 is 58.2 Å². The summed E-state index contributed by atoms with van der Waals surface area (Å²) in [4.78, 5) is 51.3. The number of unbranched alkanes of at least 4 members (excludes halogenated alkanes) is 34. The average molecular weight is 1120 g/mol. The van der Waals surface area contributed by atoms with Gasteiger partial charge in [-0.2, -0.15) is 0 Å². The van der Waals surface area contributed by atoms with E-state index < -0.39 is 67.3 Å². The molecule has 0 aromatic heterocycles. The number of aliphatic carboxylic acids is 1. The second-order valence-electron chi connectivity index (χ2n) is 22.4. The molecule has 0 aromatic rings. The maximum Gasteiger partial charge on any atom is 0.335 e. The Hall–Kier alpha value is -3.32. The number of esters is 3. The molecular formula is C67H118O12. The van der Waals surface area contributed by atoms with Crippen molar-refractivity contribution in [3.05, 3.63) is 48.6 Å². The Morgan fingerprint density at radius 3 is 1.24 bits per heavy atom. The van der Waals surface area contributed by atoms with Crippen LogP contribution in [-0.2, 0) is 42.9 Å². The molecule has 1 fully saturated rings. The lowest BCUT2D eigenvalue weighted by Gasteiger charge is -2.40. The molecule has 6 unspecified atom stereocenters. The van der Waals surface area contributed by atoms with E-state index in [1.165, 1.54) is 161 Å². The number of ether oxygens (including phenoxy) is 5. The summed E-state index contributed by atoms with van der Waals surface area (Å²) in [5.74, 6) is -3.14. The molecule has 0 spiro atoms. The Bertz CT molecular complexity index is 1560. The summed E-state index contributed by atoms with van der Waals surface area (Å²) in [6.45, 7) is 5.89. The molecular weight excluding hydrogens is 997 g/mol. The van der Waals surface area contributed by atoms with Gasteiger partial charge in [0.15, 0.2) is 24.6 Å². The predicted molar refractivity (Wildman–Crippen MR) is 322 cm³/mol. The molecule has 1 heterocycles. The Labute approximate surface area is 482 Å². The van der Waals surface area contributed by atoms with Gasteiger partial charge in [-0.05, 0) is 77.0 Å². The van der Waals surface area contributed by atoms with E-state index in [4.69, 9.17) is 23.7 Å². The fourth-order valence-electron chi connectivity index (χ4n) is 9.91. The highest BCUT2D eigenvalue weighted by atomic mass is 16.7. The van der Waals surface area contributed by atoms with Crippen LogP contribution in [-0.4, -0.2) is 89.2 Å². The monoisotopic (exact) mass is 1110 g/mol. The quantitative estimate of drug-likeness (QED) is 0.0228. The van der Waals surface area contributed by atoms with Gasteiger partial charge in [0.05, 0.1) is 6.61 Å². The van der Waals surface area contributed by atoms with Crippen LogP contribution < -0.4 is 0 Å². The van der Waals surface area contributed by atoms with Crippen molar-refractivity contribution in [2.75, 3.05) is 13.2 Å². The summed E-state index contributed by atoms with van der Waals surface area (Å²) in [5, 5.41) is 31.6. The topological polar surface area (TPSA) is 175 Å². The number of hydrogen-bond donors (Lipinski definition) is 3. The van der Waals surface area contributed by atoms with Gasteiger partial charge in [-0.15, -0.1) is 0 Å². The first kappa shape index (κ1) is 73.7. The van der Waals surface area contributed by atoms with Crippen LogP contribution in [0, 0.1) is 0 Å². The lowest BCUT2D eigenvalue weighted by molar-refractivity contribution is -0.301. The number of carboxylic acid groups (broad SMARTS) is 1. The first-order valence-corrected chi connectivity index (χ1v) is 32.6. The molecule has 12 nitrogen and oxygen atoms in total. The molecule has 79 heavy (non-hydrogen) atoms. The number of aliphatic hydroxyl groups excluding tert-OH is 2. The van der Waals surface area contributed by atoms with Crippen LogP contribution in [0.4, 0.5) is 0 Å². The average Bonchev–Trinajstić information content (AvgIpc) is 3.44. The van der Waals surface area contributed by atoms with Crippen LogP contribution in [0.1, 0.15) is 303 Å². The second-order valence-corrected chi connectivity index (χ2v) is 22.4. The predicted octanol–water partition coefficient (Wildman–Crippen LogP) is 17.3. The molecule has 1 rings (SSSR count). The molecule has 12 heteroatoms. The van der Waals surface area contributed by atoms with Crippen LogP contribution in [0.15, 0.2) is 48.6 Å². The third-order valence-corrected chi connectivity index (χ3v) is 14.9. The van der Waals surface area contributed by atoms with E-state index in [0.717, 1.165) is 83.5 Å². The number of rotatable bonds is 56. The van der Waals surface area contributed by atoms with Crippen molar-refractivity contribution in [2.45, 2.75) is 340 Å². The van der Waals surface area contributed by atoms with Gasteiger partial charge in [-0.1, -0.05) is 256 Å². The second kappa shape index (κ2) is 55.2. The zero-order valence-corrected chi connectivity index (χ0v) is 50.6. The Kier molecular flexibility index (Phi) is 51.5. The summed E-state index contributed by atoms with van der Waals surface area (Å²) in [7, 11) is 0. The van der Waals surface area contributed by atoms with Crippen molar-refractivity contribution in [1.29, 1.82) is 0 Å². The molecule has 1 aliphatic heterocycles. The maximum absolute atomic E-state index is 13.2. The SMILES string of the molecule is CC/C=C\C/C=C\C/C=C\CCCCCC(=O)OC(COC(=O)CCCCCCCCCCC/C=C\CCCCCCCC)COC1OC(C(=O)O)C(O)C(O)C1OC(=O)CCCCCCCCCCCCCCCCCCC. The van der Waals surface area contributed by atoms with E-state index in [1.54, 1.807) is 0 Å². The fraction of sp³-hybridized carbons (Fsp3) is 0.821. The summed E-state index contributed by atoms with van der Waals surface area (Å²) >= 11 is 0. The van der Waals surface area contributed by atoms with E-state index in [-0.39, 0.29) is 25.9 Å². The smallest absolute Gasteiger partial charge is 0.335 e. The third-order valence-electron chi connectivity index (χ3n) is 14.9. The van der Waals surface area contributed by atoms with Crippen LogP contribution in [0.25, 0.3) is 0 Å². The molecule has 0 aromatic carbocycles. The highest BCUT2D eigenvalue weighted by Gasteiger charge is 2.50. The van der Waals surface area contributed by atoms with Crippen molar-refractivity contribution in [2.24, 2.45) is 0 Å². The van der Waals surface area contributed by atoms with Gasteiger partial charge in [0, 0.05) is 19.3 Å². The van der Waals surface area contributed by atoms with Crippen LogP contribution in [0.5, 0.6) is 0 Å². The van der Waals surface area contributed by atoms with Gasteiger partial charge in [0.1, 0.15) is 18.8 Å². The molecule has 0 saturated carbocycles. The lowest BCUT2D eigenvalue weighted by Crippen LogP contribution is -2.61. The minimum Gasteiger partial charge on any atom is -0.479 e. The standard InChI is InChI=1S/C67H118O12/c1-4-7-10-13-16-19-22-25-27-29-30-32-33-36-38-41-44-47-50-53-59(68)75-56-58(77-60(69)54-51-48-45-42-39-35-24-21-18-15-12-9-6-3)57-76-67-65(63(72)62(71)64(79-67)66(73)74)78-61(70)55-52-49-46-43-40-37-34-31-28-26-23-20-17-14-11-8-5-2/h9,12,18,21,25,27,35,39,58,62-65,67,71-72H,4-8,10-11,13-17,19-20,22-24,26,28-34,36-38,40-57H2,1-3H3,(H,73,74)/b12-9-,21-18-,27-25-,39-35-. The molecule has 6 atom stereocenters. The number of carboxylic acids is 1. The van der Waals surface area contributed by atoms with Crippen molar-refractivity contribution in [3.63, 3.8) is 0 Å². The first-order valence-electron chi connectivity index (χ1n) is 32.6. The molecule has 0 aliphatic carbocycles. The van der Waals surface area contributed by atoms with Crippen molar-refractivity contribution in [1.82, 2.24) is 0 Å². The highest BCUT2D eigenvalue weighted by molar-refractivity contribution is 5.74. The van der Waals surface area contributed by atoms with E-state index in [0.29, 0.717) is 19.3 Å². The lowest BCUT2D eigenvalue weighted by atomic mass is 9.98. The maximum atomic E-state index is 13.2. The zero-order valence-electron chi connectivity index (χ0n) is 50.6. The van der Waals surface area contributed by atoms with Crippen LogP contribution in [0.3, 0.4) is 0 Å². The summed E-state index contributed by atoms with van der Waals surface area (Å²) in [6.07, 6.45) is 55.1. The third kappa shape index (κ3) is 45.0. The molecule has 0 bridgehead atoms. The molecule has 0 radical (unpaired) electrons. The number of carbonyl (C=O) groups excluding carboxylic acids is 3. The van der Waals surface area contributed by atoms with E-state index >= 15 is 0 Å². The number of allylic oxidation sites excluding steroid dienone is 8. The van der Waals surface area contributed by atoms with Gasteiger partial charge in [0.2, 0.25) is 0 Å². The van der Waals surface area contributed by atoms with E-state index in [2.05, 4.69) is 69.4 Å². The van der Waals surface area contributed by atoms with Crippen molar-refractivity contribution >= 4 is 23.9 Å². The Balaban J connectivity index is 2.63. The van der Waals surface area contributed by atoms with Gasteiger partial charge in [-0.3, -0.25) is 14.4 Å². The molecule has 1 saturated heterocycles. The van der Waals surface area contributed by atoms with Gasteiger partial charge in [0.25, 0.3) is 0 Å². The fourth-order valence-corrected chi connectivity index (χ4v) is 9.91. The van der Waals surface area contributed by atoms with Gasteiger partial charge < -0.3 is 39.0 Å². The molecule has 3 N–H and O–H groups in total. The van der Waals surface area contributed by atoms with Crippen LogP contribution in [0.2, 0.25) is 0 Å². The Morgan fingerprint density at radius 1 is 0.430 bits per heavy atom. The summed E-state index contributed by atoms with van der Waals surface area (Å²) in [5.41, 5.74) is 0. The first-order chi connectivity index (χ1) is 38.6. The molecule has 0 amide bonds. The normalized spacial score (nSPS) is 18.1. The van der Waals surface area contributed by atoms with Crippen LogP contribution >= 0.6 is 0 Å². The molecule has 1 aliphatic rings. The summed E-state index contributed by atoms with van der Waals surface area (Å²) < 4.78 is 28.5. The van der Waals surface area contributed by atoms with E-state index in [9.17, 15) is 34.5 Å². The number of aliphatic hydroxyl groups is 2. The zero-order chi connectivity index (χ0) is 57.5. The molecule has 458 valence electrons. The van der Waals surface area contributed by atoms with Gasteiger partial charge in [-0.25, -0.2) is 4.79 Å². The van der Waals surface area contributed by atoms with E-state index in [1.807, 2.05) is 0 Å². The number of hydrogen-bond acceptors (Lipinski definition) is 11. The Morgan fingerprint density at radius 2 is 0.797 bits per heavy atom. The number of carbonyl (C=O) groups is 4. The largest absolute Gasteiger partial charge is 0.479 e. The highest BCUT2D eigenvalue weighted by Crippen LogP contribution is 2.27. The minimum absolute atomic E-state index is 0.0612.